The van der Waals surface area contributed by atoms with Crippen LogP contribution in [0.5, 0.6) is 0 Å². The van der Waals surface area contributed by atoms with Crippen LogP contribution >= 0.6 is 0 Å². The minimum absolute atomic E-state index is 0.187. The van der Waals surface area contributed by atoms with Crippen LogP contribution < -0.4 is 11.1 Å². The van der Waals surface area contributed by atoms with Crippen molar-refractivity contribution in [2.75, 3.05) is 6.61 Å². The van der Waals surface area contributed by atoms with Gasteiger partial charge in [0.1, 0.15) is 0 Å². The third-order valence-electron chi connectivity index (χ3n) is 2.27. The molecule has 1 aliphatic rings. The van der Waals surface area contributed by atoms with Crippen molar-refractivity contribution < 1.29 is 9.53 Å². The molecule has 1 saturated heterocycles. The fourth-order valence-electron chi connectivity index (χ4n) is 1.35. The third-order valence-corrected chi connectivity index (χ3v) is 2.27. The van der Waals surface area contributed by atoms with Crippen molar-refractivity contribution in [2.24, 2.45) is 5.73 Å². The number of hydrogen-bond acceptors (Lipinski definition) is 3. The first kappa shape index (κ1) is 9.48. The molecule has 1 unspecified atom stereocenters. The molecule has 0 aliphatic carbocycles. The third kappa shape index (κ3) is 2.19. The second-order valence-electron chi connectivity index (χ2n) is 3.26. The number of ether oxygens (including phenoxy) is 1. The lowest BCUT2D eigenvalue weighted by Crippen LogP contribution is -2.46. The number of hydrogen-bond donors (Lipinski definition) is 2. The predicted molar refractivity (Wildman–Crippen MR) is 45.6 cm³/mol. The van der Waals surface area contributed by atoms with Crippen LogP contribution in [-0.2, 0) is 9.53 Å². The molecule has 0 saturated carbocycles. The Morgan fingerprint density at radius 1 is 1.75 bits per heavy atom. The van der Waals surface area contributed by atoms with Gasteiger partial charge >= 0.3 is 0 Å². The lowest BCUT2D eigenvalue weighted by atomic mass is 10.1. The molecule has 0 aromatic rings. The summed E-state index contributed by atoms with van der Waals surface area (Å²) in [5, 5.41) is 3.13. The van der Waals surface area contributed by atoms with Crippen molar-refractivity contribution in [3.05, 3.63) is 0 Å². The number of amides is 1. The van der Waals surface area contributed by atoms with E-state index in [1.165, 1.54) is 0 Å². The molecular weight excluding hydrogens is 156 g/mol. The highest BCUT2D eigenvalue weighted by atomic mass is 16.5. The first-order chi connectivity index (χ1) is 5.61. The van der Waals surface area contributed by atoms with E-state index in [4.69, 9.17) is 10.5 Å². The van der Waals surface area contributed by atoms with Crippen LogP contribution in [0.3, 0.4) is 0 Å². The molecule has 4 heteroatoms. The maximum absolute atomic E-state index is 10.7. The topological polar surface area (TPSA) is 64.3 Å². The first-order valence-electron chi connectivity index (χ1n) is 4.28. The van der Waals surface area contributed by atoms with E-state index in [2.05, 4.69) is 5.32 Å². The van der Waals surface area contributed by atoms with Crippen molar-refractivity contribution in [2.45, 2.75) is 38.5 Å². The molecule has 0 bridgehead atoms. The second kappa shape index (κ2) is 3.87. The molecule has 0 radical (unpaired) electrons. The van der Waals surface area contributed by atoms with E-state index in [1.807, 2.05) is 6.92 Å². The highest BCUT2D eigenvalue weighted by molar-refractivity contribution is 5.79. The monoisotopic (exact) mass is 172 g/mol. The summed E-state index contributed by atoms with van der Waals surface area (Å²) in [7, 11) is 0. The van der Waals surface area contributed by atoms with E-state index in [1.54, 1.807) is 6.92 Å². The van der Waals surface area contributed by atoms with Gasteiger partial charge in [0.15, 0.2) is 0 Å². The predicted octanol–water partition coefficient (Wildman–Crippen LogP) is -0.373. The minimum atomic E-state index is -0.311. The lowest BCUT2D eigenvalue weighted by Gasteiger charge is -2.19. The van der Waals surface area contributed by atoms with Gasteiger partial charge < -0.3 is 15.8 Å². The van der Waals surface area contributed by atoms with Gasteiger partial charge in [-0.25, -0.2) is 0 Å². The Hall–Kier alpha value is -0.610. The Morgan fingerprint density at radius 2 is 2.42 bits per heavy atom. The lowest BCUT2D eigenvalue weighted by molar-refractivity contribution is -0.119. The maximum atomic E-state index is 10.7. The Bertz CT molecular complexity index is 172. The van der Waals surface area contributed by atoms with Crippen molar-refractivity contribution in [1.82, 2.24) is 5.32 Å². The van der Waals surface area contributed by atoms with E-state index < -0.39 is 0 Å². The molecule has 4 nitrogen and oxygen atoms in total. The molecule has 1 amide bonds. The van der Waals surface area contributed by atoms with Gasteiger partial charge in [0, 0.05) is 12.6 Å². The molecule has 12 heavy (non-hydrogen) atoms. The largest absolute Gasteiger partial charge is 0.377 e. The number of rotatable bonds is 3. The summed E-state index contributed by atoms with van der Waals surface area (Å²) in [6.45, 7) is 4.54. The molecule has 1 aliphatic heterocycles. The number of carbonyl (C=O) groups excluding carboxylic acids is 1. The molecule has 0 spiro atoms. The molecule has 3 N–H and O–H groups in total. The average Bonchev–Trinajstić information content (AvgIpc) is 2.36. The van der Waals surface area contributed by atoms with Crippen LogP contribution in [0.1, 0.15) is 20.3 Å². The first-order valence-corrected chi connectivity index (χ1v) is 4.28. The summed E-state index contributed by atoms with van der Waals surface area (Å²) >= 11 is 0. The number of carbonyl (C=O) groups is 1. The van der Waals surface area contributed by atoms with Gasteiger partial charge in [-0.2, -0.15) is 0 Å². The van der Waals surface area contributed by atoms with Crippen LogP contribution in [0.2, 0.25) is 0 Å². The van der Waals surface area contributed by atoms with Gasteiger partial charge in [-0.15, -0.1) is 0 Å². The van der Waals surface area contributed by atoms with Crippen molar-refractivity contribution >= 4 is 5.91 Å². The van der Waals surface area contributed by atoms with Gasteiger partial charge in [0.25, 0.3) is 0 Å². The maximum Gasteiger partial charge on any atom is 0.234 e. The van der Waals surface area contributed by atoms with Gasteiger partial charge in [-0.3, -0.25) is 4.79 Å². The zero-order valence-electron chi connectivity index (χ0n) is 7.54. The van der Waals surface area contributed by atoms with Crippen LogP contribution in [0.4, 0.5) is 0 Å². The van der Waals surface area contributed by atoms with Crippen molar-refractivity contribution in [3.63, 3.8) is 0 Å². The molecular formula is C8H16N2O2. The standard InChI is InChI=1S/C8H16N2O2/c1-5(8(9)11)10-7-3-4-12-6(7)2/h5-7,10H,3-4H2,1-2H3,(H2,9,11)/t5?,6-,7-/m1/s1. The zero-order chi connectivity index (χ0) is 9.14. The summed E-state index contributed by atoms with van der Waals surface area (Å²) in [6.07, 6.45) is 1.14. The summed E-state index contributed by atoms with van der Waals surface area (Å²) < 4.78 is 5.33. The quantitative estimate of drug-likeness (QED) is 0.610. The second-order valence-corrected chi connectivity index (χ2v) is 3.26. The highest BCUT2D eigenvalue weighted by Gasteiger charge is 2.26. The van der Waals surface area contributed by atoms with Crippen LogP contribution in [0, 0.1) is 0 Å². The molecule has 3 atom stereocenters. The fourth-order valence-corrected chi connectivity index (χ4v) is 1.35. The Labute approximate surface area is 72.5 Å². The highest BCUT2D eigenvalue weighted by Crippen LogP contribution is 2.12. The van der Waals surface area contributed by atoms with E-state index in [-0.39, 0.29) is 24.1 Å². The fraction of sp³-hybridized carbons (Fsp3) is 0.875. The molecule has 0 aromatic carbocycles. The van der Waals surface area contributed by atoms with E-state index in [0.29, 0.717) is 0 Å². The Balaban J connectivity index is 2.35. The minimum Gasteiger partial charge on any atom is -0.377 e. The molecule has 1 rings (SSSR count). The van der Waals surface area contributed by atoms with E-state index >= 15 is 0 Å². The summed E-state index contributed by atoms with van der Waals surface area (Å²) in [5.74, 6) is -0.311. The molecule has 1 fully saturated rings. The van der Waals surface area contributed by atoms with Crippen LogP contribution in [0.25, 0.3) is 0 Å². The Kier molecular flexibility index (Phi) is 3.05. The Morgan fingerprint density at radius 3 is 2.83 bits per heavy atom. The average molecular weight is 172 g/mol. The van der Waals surface area contributed by atoms with Gasteiger partial charge in [0.2, 0.25) is 5.91 Å². The molecule has 70 valence electrons. The SMILES string of the molecule is CC(N[C@@H]1CCO[C@@H]1C)C(N)=O. The van der Waals surface area contributed by atoms with Crippen LogP contribution in [0.15, 0.2) is 0 Å². The van der Waals surface area contributed by atoms with Gasteiger partial charge in [-0.1, -0.05) is 0 Å². The number of nitrogens with two attached hydrogens (primary N) is 1. The van der Waals surface area contributed by atoms with Crippen LogP contribution in [-0.4, -0.2) is 30.7 Å². The van der Waals surface area contributed by atoms with Crippen molar-refractivity contribution in [3.8, 4) is 0 Å². The van der Waals surface area contributed by atoms with E-state index in [9.17, 15) is 4.79 Å². The molecule has 1 heterocycles. The van der Waals surface area contributed by atoms with Crippen molar-refractivity contribution in [1.29, 1.82) is 0 Å². The number of primary amides is 1. The van der Waals surface area contributed by atoms with E-state index in [0.717, 1.165) is 13.0 Å². The number of nitrogens with one attached hydrogen (secondary N) is 1. The summed E-state index contributed by atoms with van der Waals surface area (Å²) in [4.78, 5) is 10.7. The normalized spacial score (nSPS) is 31.8. The van der Waals surface area contributed by atoms with Gasteiger partial charge in [0.05, 0.1) is 12.1 Å². The zero-order valence-corrected chi connectivity index (χ0v) is 7.54. The molecule has 0 aromatic heterocycles. The summed E-state index contributed by atoms with van der Waals surface area (Å²) in [6, 6.07) is 0.00616. The van der Waals surface area contributed by atoms with Gasteiger partial charge in [-0.05, 0) is 20.3 Å². The summed E-state index contributed by atoms with van der Waals surface area (Å²) in [5.41, 5.74) is 5.12. The smallest absolute Gasteiger partial charge is 0.234 e.